The molecule has 0 saturated heterocycles. The van der Waals surface area contributed by atoms with Gasteiger partial charge in [0.1, 0.15) is 5.82 Å². The first-order chi connectivity index (χ1) is 11.3. The summed E-state index contributed by atoms with van der Waals surface area (Å²) in [6.45, 7) is -0.0547. The van der Waals surface area contributed by atoms with Gasteiger partial charge in [-0.1, -0.05) is 5.16 Å². The maximum absolute atomic E-state index is 13.2. The van der Waals surface area contributed by atoms with Crippen LogP contribution in [0.4, 0.5) is 15.9 Å². The maximum atomic E-state index is 13.2. The molecule has 0 fully saturated rings. The van der Waals surface area contributed by atoms with E-state index in [0.29, 0.717) is 5.69 Å². The minimum Gasteiger partial charge on any atom is -0.409 e. The number of nitrogens with two attached hydrogens (primary N) is 1. The summed E-state index contributed by atoms with van der Waals surface area (Å²) in [5.74, 6) is -0.909. The molecule has 5 N–H and O–H groups in total. The van der Waals surface area contributed by atoms with Crippen LogP contribution in [0.3, 0.4) is 0 Å². The van der Waals surface area contributed by atoms with Crippen molar-refractivity contribution in [3.63, 3.8) is 0 Å². The van der Waals surface area contributed by atoms with E-state index in [1.165, 1.54) is 18.2 Å². The zero-order valence-corrected chi connectivity index (χ0v) is 14.3. The fourth-order valence-corrected chi connectivity index (χ4v) is 2.38. The number of nitrogens with zero attached hydrogens (tertiary/aromatic N) is 3. The second-order valence-electron chi connectivity index (χ2n) is 4.46. The molecule has 2 rings (SSSR count). The molecule has 0 aliphatic rings. The topological polar surface area (TPSA) is 156 Å². The quantitative estimate of drug-likeness (QED) is 0.231. The number of halogens is 2. The molecule has 0 radical (unpaired) electrons. The van der Waals surface area contributed by atoms with Crippen molar-refractivity contribution in [2.75, 3.05) is 22.9 Å². The normalized spacial score (nSPS) is 12.2. The molecule has 2 aromatic rings. The van der Waals surface area contributed by atoms with E-state index in [0.717, 1.165) is 0 Å². The third kappa shape index (κ3) is 4.87. The minimum absolute atomic E-state index is 0.00707. The Labute approximate surface area is 144 Å². The highest BCUT2D eigenvalue weighted by atomic mass is 79.9. The number of aromatic nitrogens is 2. The first-order valence-electron chi connectivity index (χ1n) is 6.31. The molecule has 24 heavy (non-hydrogen) atoms. The Bertz CT molecular complexity index is 856. The number of rotatable bonds is 6. The molecule has 130 valence electrons. The Hall–Kier alpha value is -2.25. The summed E-state index contributed by atoms with van der Waals surface area (Å²) in [7, 11) is -3.65. The number of hydrogen-bond acceptors (Lipinski definition) is 8. The lowest BCUT2D eigenvalue weighted by molar-refractivity contribution is 0.305. The molecule has 0 unspecified atom stereocenters. The van der Waals surface area contributed by atoms with Gasteiger partial charge in [-0.25, -0.2) is 22.6 Å². The van der Waals surface area contributed by atoms with Crippen molar-refractivity contribution in [2.45, 2.75) is 0 Å². The monoisotopic (exact) mass is 422 g/mol. The van der Waals surface area contributed by atoms with E-state index in [2.05, 4.69) is 46.7 Å². The molecule has 0 bridgehead atoms. The van der Waals surface area contributed by atoms with Gasteiger partial charge in [-0.2, -0.15) is 0 Å². The third-order valence-electron chi connectivity index (χ3n) is 2.67. The highest BCUT2D eigenvalue weighted by molar-refractivity contribution is 9.10. The van der Waals surface area contributed by atoms with E-state index in [1.54, 1.807) is 0 Å². The fourth-order valence-electron chi connectivity index (χ4n) is 1.61. The average Bonchev–Trinajstić information content (AvgIpc) is 2.95. The van der Waals surface area contributed by atoms with Crippen LogP contribution in [0.1, 0.15) is 5.69 Å². The van der Waals surface area contributed by atoms with Crippen LogP contribution in [0.5, 0.6) is 0 Å². The summed E-state index contributed by atoms with van der Waals surface area (Å²) in [5, 5.41) is 29.5. The van der Waals surface area contributed by atoms with Crippen molar-refractivity contribution < 1.29 is 22.6 Å². The number of hydrogen-bond donors (Lipinski definition) is 4. The molecule has 0 aliphatic heterocycles. The number of nitrogens with one attached hydrogen (secondary N) is 2. The molecule has 1 aromatic carbocycles. The van der Waals surface area contributed by atoms with E-state index in [9.17, 15) is 12.8 Å². The standard InChI is InChI=1S/C11H12BrFN6O4S/c12-7-5-6(1-2-8(7)13)16-11(17-20)9-10(19-23-18-9)15-3-4-24(14,21)22/h1-2,5,20H,3-4H2,(H,15,19)(H,16,17)(H2,14,21,22). The summed E-state index contributed by atoms with van der Waals surface area (Å²) >= 11 is 3.03. The van der Waals surface area contributed by atoms with Crippen molar-refractivity contribution in [1.82, 2.24) is 10.3 Å². The van der Waals surface area contributed by atoms with E-state index in [-0.39, 0.29) is 34.1 Å². The zero-order valence-electron chi connectivity index (χ0n) is 11.9. The Morgan fingerprint density at radius 2 is 2.21 bits per heavy atom. The van der Waals surface area contributed by atoms with Crippen molar-refractivity contribution in [3.05, 3.63) is 34.2 Å². The van der Waals surface area contributed by atoms with Gasteiger partial charge in [-0.05, 0) is 44.4 Å². The summed E-state index contributed by atoms with van der Waals surface area (Å²) in [4.78, 5) is 0. The number of benzene rings is 1. The predicted molar refractivity (Wildman–Crippen MR) is 86.8 cm³/mol. The van der Waals surface area contributed by atoms with E-state index >= 15 is 0 Å². The zero-order chi connectivity index (χ0) is 17.7. The van der Waals surface area contributed by atoms with Gasteiger partial charge < -0.3 is 15.8 Å². The first-order valence-corrected chi connectivity index (χ1v) is 8.82. The van der Waals surface area contributed by atoms with Crippen LogP contribution in [0.2, 0.25) is 0 Å². The first kappa shape index (κ1) is 18.1. The van der Waals surface area contributed by atoms with Crippen LogP contribution in [-0.4, -0.2) is 42.1 Å². The fraction of sp³-hybridized carbons (Fsp3) is 0.182. The largest absolute Gasteiger partial charge is 0.409 e. The minimum atomic E-state index is -3.65. The van der Waals surface area contributed by atoms with Gasteiger partial charge in [0.25, 0.3) is 0 Å². The molecular formula is C11H12BrFN6O4S. The highest BCUT2D eigenvalue weighted by Crippen LogP contribution is 2.21. The van der Waals surface area contributed by atoms with Gasteiger partial charge in [0.05, 0.1) is 10.2 Å². The van der Waals surface area contributed by atoms with Crippen LogP contribution in [0, 0.1) is 5.82 Å². The lowest BCUT2D eigenvalue weighted by Crippen LogP contribution is -2.23. The Kier molecular flexibility index (Phi) is 5.69. The molecule has 0 spiro atoms. The molecule has 1 aromatic heterocycles. The smallest absolute Gasteiger partial charge is 0.210 e. The molecule has 0 atom stereocenters. The highest BCUT2D eigenvalue weighted by Gasteiger charge is 2.18. The number of amidine groups is 1. The third-order valence-corrected chi connectivity index (χ3v) is 4.06. The van der Waals surface area contributed by atoms with E-state index in [1.807, 2.05) is 0 Å². The molecule has 10 nitrogen and oxygen atoms in total. The van der Waals surface area contributed by atoms with Crippen molar-refractivity contribution in [3.8, 4) is 0 Å². The molecule has 13 heteroatoms. The second kappa shape index (κ2) is 7.55. The average molecular weight is 423 g/mol. The predicted octanol–water partition coefficient (Wildman–Crippen LogP) is 0.920. The summed E-state index contributed by atoms with van der Waals surface area (Å²) < 4.78 is 39.8. The lowest BCUT2D eigenvalue weighted by Gasteiger charge is -2.08. The van der Waals surface area contributed by atoms with Crippen molar-refractivity contribution in [2.24, 2.45) is 10.3 Å². The van der Waals surface area contributed by atoms with Crippen LogP contribution >= 0.6 is 15.9 Å². The van der Waals surface area contributed by atoms with Gasteiger partial charge in [-0.3, -0.25) is 0 Å². The number of oxime groups is 1. The Morgan fingerprint density at radius 3 is 2.83 bits per heavy atom. The maximum Gasteiger partial charge on any atom is 0.210 e. The van der Waals surface area contributed by atoms with Gasteiger partial charge in [0, 0.05) is 12.2 Å². The number of sulfonamides is 1. The Balaban J connectivity index is 2.14. The van der Waals surface area contributed by atoms with Gasteiger partial charge >= 0.3 is 0 Å². The molecule has 0 saturated carbocycles. The van der Waals surface area contributed by atoms with Crippen LogP contribution in [0.15, 0.2) is 32.5 Å². The number of primary sulfonamides is 1. The van der Waals surface area contributed by atoms with Gasteiger partial charge in [-0.15, -0.1) is 0 Å². The van der Waals surface area contributed by atoms with E-state index in [4.69, 9.17) is 10.3 Å². The molecule has 0 amide bonds. The van der Waals surface area contributed by atoms with Crippen LogP contribution in [0.25, 0.3) is 0 Å². The van der Waals surface area contributed by atoms with Crippen molar-refractivity contribution >= 4 is 43.3 Å². The molecule has 1 heterocycles. The summed E-state index contributed by atoms with van der Waals surface area (Å²) in [5.41, 5.74) is 0.391. The summed E-state index contributed by atoms with van der Waals surface area (Å²) in [6.07, 6.45) is 0. The van der Waals surface area contributed by atoms with E-state index < -0.39 is 15.8 Å². The van der Waals surface area contributed by atoms with Gasteiger partial charge in [0.15, 0.2) is 5.69 Å². The molecule has 0 aliphatic carbocycles. The van der Waals surface area contributed by atoms with Gasteiger partial charge in [0.2, 0.25) is 21.7 Å². The summed E-state index contributed by atoms with van der Waals surface area (Å²) in [6, 6.07) is 4.03. The number of anilines is 2. The SMILES string of the molecule is NS(=O)(=O)CCNc1nonc1C(=NO)Nc1ccc(F)c(Br)c1. The van der Waals surface area contributed by atoms with Crippen LogP contribution < -0.4 is 15.8 Å². The van der Waals surface area contributed by atoms with Crippen LogP contribution in [-0.2, 0) is 10.0 Å². The Morgan fingerprint density at radius 1 is 1.46 bits per heavy atom. The second-order valence-corrected chi connectivity index (χ2v) is 7.05. The lowest BCUT2D eigenvalue weighted by atomic mass is 10.3. The van der Waals surface area contributed by atoms with Crippen molar-refractivity contribution in [1.29, 1.82) is 0 Å². The molecular weight excluding hydrogens is 411 g/mol.